The Morgan fingerprint density at radius 2 is 2.40 bits per heavy atom. The van der Waals surface area contributed by atoms with Crippen LogP contribution in [0.3, 0.4) is 0 Å². The zero-order valence-corrected chi connectivity index (χ0v) is 9.52. The molecule has 0 aliphatic heterocycles. The highest BCUT2D eigenvalue weighted by Crippen LogP contribution is 2.35. The minimum atomic E-state index is 0.873. The van der Waals surface area contributed by atoms with Gasteiger partial charge in [-0.25, -0.2) is 4.98 Å². The molecule has 0 aromatic carbocycles. The molecule has 1 fully saturated rings. The monoisotopic (exact) mass is 207 g/mol. The molecule has 15 heavy (non-hydrogen) atoms. The average Bonchev–Trinajstić information content (AvgIpc) is 2.97. The first kappa shape index (κ1) is 10.7. The Kier molecular flexibility index (Phi) is 3.78. The lowest BCUT2D eigenvalue weighted by Crippen LogP contribution is -2.24. The maximum absolute atomic E-state index is 4.02. The number of rotatable bonds is 7. The molecular weight excluding hydrogens is 186 g/mol. The van der Waals surface area contributed by atoms with Gasteiger partial charge in [0.2, 0.25) is 0 Å². The van der Waals surface area contributed by atoms with Crippen LogP contribution in [-0.4, -0.2) is 22.6 Å². The molecule has 1 saturated carbocycles. The maximum atomic E-state index is 4.02. The summed E-state index contributed by atoms with van der Waals surface area (Å²) in [6.07, 6.45) is 9.84. The lowest BCUT2D eigenvalue weighted by atomic mass is 10.1. The van der Waals surface area contributed by atoms with E-state index in [4.69, 9.17) is 0 Å². The fourth-order valence-electron chi connectivity index (χ4n) is 1.97. The Morgan fingerprint density at radius 3 is 3.07 bits per heavy atom. The van der Waals surface area contributed by atoms with Gasteiger partial charge in [0.1, 0.15) is 0 Å². The summed E-state index contributed by atoms with van der Waals surface area (Å²) in [4.78, 5) is 4.02. The first-order valence-corrected chi connectivity index (χ1v) is 6.02. The normalized spacial score (nSPS) is 17.9. The zero-order chi connectivity index (χ0) is 10.5. The summed E-state index contributed by atoms with van der Waals surface area (Å²) < 4.78 is 2.13. The first-order valence-electron chi connectivity index (χ1n) is 6.02. The molecule has 1 N–H and O–H groups in total. The van der Waals surface area contributed by atoms with Gasteiger partial charge in [0, 0.05) is 18.9 Å². The summed E-state index contributed by atoms with van der Waals surface area (Å²) in [5, 5.41) is 3.54. The Balaban J connectivity index is 1.48. The van der Waals surface area contributed by atoms with Crippen molar-refractivity contribution < 1.29 is 0 Å². The van der Waals surface area contributed by atoms with Crippen LogP contribution >= 0.6 is 0 Å². The van der Waals surface area contributed by atoms with Crippen molar-refractivity contribution in [1.29, 1.82) is 0 Å². The van der Waals surface area contributed by atoms with Gasteiger partial charge in [-0.05, 0) is 44.2 Å². The van der Waals surface area contributed by atoms with Gasteiger partial charge in [-0.3, -0.25) is 0 Å². The van der Waals surface area contributed by atoms with Crippen LogP contribution in [0.25, 0.3) is 0 Å². The molecule has 0 radical (unpaired) electrons. The summed E-state index contributed by atoms with van der Waals surface area (Å²) in [5.74, 6) is 1.89. The van der Waals surface area contributed by atoms with E-state index in [0.717, 1.165) is 24.9 Å². The van der Waals surface area contributed by atoms with Crippen LogP contribution in [0.4, 0.5) is 0 Å². The first-order chi connectivity index (χ1) is 7.36. The van der Waals surface area contributed by atoms with Crippen molar-refractivity contribution in [3.63, 3.8) is 0 Å². The highest BCUT2D eigenvalue weighted by atomic mass is 15.0. The van der Waals surface area contributed by atoms with Crippen molar-refractivity contribution in [2.24, 2.45) is 11.8 Å². The van der Waals surface area contributed by atoms with Crippen molar-refractivity contribution in [3.05, 3.63) is 18.7 Å². The van der Waals surface area contributed by atoms with E-state index in [0.29, 0.717) is 0 Å². The highest BCUT2D eigenvalue weighted by molar-refractivity contribution is 4.79. The lowest BCUT2D eigenvalue weighted by molar-refractivity contribution is 0.453. The molecule has 0 spiro atoms. The molecule has 84 valence electrons. The molecule has 3 nitrogen and oxygen atoms in total. The van der Waals surface area contributed by atoms with Crippen LogP contribution in [0, 0.1) is 11.8 Å². The van der Waals surface area contributed by atoms with E-state index in [1.165, 1.54) is 25.8 Å². The van der Waals surface area contributed by atoms with Crippen LogP contribution in [0.1, 0.15) is 26.2 Å². The lowest BCUT2D eigenvalue weighted by Gasteiger charge is -2.11. The van der Waals surface area contributed by atoms with Gasteiger partial charge in [-0.1, -0.05) is 6.92 Å². The van der Waals surface area contributed by atoms with E-state index < -0.39 is 0 Å². The quantitative estimate of drug-likeness (QED) is 0.692. The molecule has 1 heterocycles. The number of nitrogens with zero attached hydrogens (tertiary/aromatic N) is 2. The number of hydrogen-bond donors (Lipinski definition) is 1. The van der Waals surface area contributed by atoms with E-state index in [1.807, 2.05) is 18.7 Å². The van der Waals surface area contributed by atoms with Crippen molar-refractivity contribution >= 4 is 0 Å². The van der Waals surface area contributed by atoms with Gasteiger partial charge in [-0.2, -0.15) is 0 Å². The fraction of sp³-hybridized carbons (Fsp3) is 0.750. The van der Waals surface area contributed by atoms with Crippen molar-refractivity contribution in [1.82, 2.24) is 14.9 Å². The predicted molar refractivity (Wildman–Crippen MR) is 61.6 cm³/mol. The Labute approximate surface area is 91.9 Å². The van der Waals surface area contributed by atoms with Gasteiger partial charge < -0.3 is 9.88 Å². The topological polar surface area (TPSA) is 29.9 Å². The third-order valence-corrected chi connectivity index (χ3v) is 3.22. The second kappa shape index (κ2) is 5.31. The molecule has 1 atom stereocenters. The standard InChI is InChI=1S/C12H21N3/c1-11(12-3-4-12)9-13-5-2-7-15-8-6-14-10-15/h6,8,10-13H,2-5,7,9H2,1H3. The summed E-state index contributed by atoms with van der Waals surface area (Å²) in [7, 11) is 0. The van der Waals surface area contributed by atoms with Gasteiger partial charge in [0.25, 0.3) is 0 Å². The molecule has 2 rings (SSSR count). The molecular formula is C12H21N3. The average molecular weight is 207 g/mol. The van der Waals surface area contributed by atoms with Gasteiger partial charge in [0.15, 0.2) is 0 Å². The molecule has 1 aliphatic rings. The van der Waals surface area contributed by atoms with Crippen LogP contribution in [0.15, 0.2) is 18.7 Å². The van der Waals surface area contributed by atoms with E-state index in [1.54, 1.807) is 0 Å². The van der Waals surface area contributed by atoms with E-state index >= 15 is 0 Å². The molecule has 1 aromatic heterocycles. The number of nitrogens with one attached hydrogen (secondary N) is 1. The van der Waals surface area contributed by atoms with E-state index in [-0.39, 0.29) is 0 Å². The second-order valence-corrected chi connectivity index (χ2v) is 4.67. The Morgan fingerprint density at radius 1 is 1.53 bits per heavy atom. The molecule has 1 unspecified atom stereocenters. The molecule has 1 aromatic rings. The largest absolute Gasteiger partial charge is 0.337 e. The molecule has 0 bridgehead atoms. The minimum absolute atomic E-state index is 0.873. The van der Waals surface area contributed by atoms with Crippen molar-refractivity contribution in [3.8, 4) is 0 Å². The van der Waals surface area contributed by atoms with Gasteiger partial charge >= 0.3 is 0 Å². The van der Waals surface area contributed by atoms with E-state index in [2.05, 4.69) is 21.8 Å². The molecule has 0 saturated heterocycles. The zero-order valence-electron chi connectivity index (χ0n) is 9.52. The van der Waals surface area contributed by atoms with Crippen LogP contribution < -0.4 is 5.32 Å². The van der Waals surface area contributed by atoms with Gasteiger partial charge in [0.05, 0.1) is 6.33 Å². The summed E-state index contributed by atoms with van der Waals surface area (Å²) in [5.41, 5.74) is 0. The minimum Gasteiger partial charge on any atom is -0.337 e. The van der Waals surface area contributed by atoms with Crippen molar-refractivity contribution in [2.45, 2.75) is 32.7 Å². The van der Waals surface area contributed by atoms with Gasteiger partial charge in [-0.15, -0.1) is 0 Å². The van der Waals surface area contributed by atoms with Crippen LogP contribution in [-0.2, 0) is 6.54 Å². The number of imidazole rings is 1. The predicted octanol–water partition coefficient (Wildman–Crippen LogP) is 1.91. The third kappa shape index (κ3) is 3.67. The van der Waals surface area contributed by atoms with E-state index in [9.17, 15) is 0 Å². The molecule has 0 amide bonds. The molecule has 3 heteroatoms. The number of aryl methyl sites for hydroxylation is 1. The second-order valence-electron chi connectivity index (χ2n) is 4.67. The van der Waals surface area contributed by atoms with Crippen LogP contribution in [0.2, 0.25) is 0 Å². The summed E-state index contributed by atoms with van der Waals surface area (Å²) >= 11 is 0. The number of aromatic nitrogens is 2. The van der Waals surface area contributed by atoms with Crippen LogP contribution in [0.5, 0.6) is 0 Å². The maximum Gasteiger partial charge on any atom is 0.0945 e. The summed E-state index contributed by atoms with van der Waals surface area (Å²) in [6.45, 7) is 5.75. The highest BCUT2D eigenvalue weighted by Gasteiger charge is 2.27. The molecule has 1 aliphatic carbocycles. The smallest absolute Gasteiger partial charge is 0.0945 e. The summed E-state index contributed by atoms with van der Waals surface area (Å²) in [6, 6.07) is 0. The van der Waals surface area contributed by atoms with Crippen molar-refractivity contribution in [2.75, 3.05) is 13.1 Å². The third-order valence-electron chi connectivity index (χ3n) is 3.22. The Bertz CT molecular complexity index is 264. The Hall–Kier alpha value is -0.830. The number of hydrogen-bond acceptors (Lipinski definition) is 2. The SMILES string of the molecule is CC(CNCCCn1ccnc1)C1CC1. The fourth-order valence-corrected chi connectivity index (χ4v) is 1.97.